The third-order valence-corrected chi connectivity index (χ3v) is 5.41. The number of nitrogens with zero attached hydrogens (tertiary/aromatic N) is 1. The number of carbonyl (C=O) groups excluding carboxylic acids is 2. The van der Waals surface area contributed by atoms with E-state index in [1.165, 1.54) is 24.3 Å². The summed E-state index contributed by atoms with van der Waals surface area (Å²) >= 11 is 0. The quantitative estimate of drug-likeness (QED) is 0.499. The normalized spacial score (nSPS) is 12.8. The van der Waals surface area contributed by atoms with E-state index in [2.05, 4.69) is 5.32 Å². The average molecular weight is 431 g/mol. The first-order valence-corrected chi connectivity index (χ1v) is 10.6. The highest BCUT2D eigenvalue weighted by Crippen LogP contribution is 2.28. The van der Waals surface area contributed by atoms with Crippen LogP contribution in [0.25, 0.3) is 0 Å². The number of phenolic OH excluding ortho intramolecular Hbond substituents is 2. The summed E-state index contributed by atoms with van der Waals surface area (Å²) in [4.78, 5) is 27.7. The van der Waals surface area contributed by atoms with E-state index in [0.29, 0.717) is 31.5 Å². The minimum absolute atomic E-state index is 0.126. The van der Waals surface area contributed by atoms with E-state index < -0.39 is 17.8 Å². The predicted molar refractivity (Wildman–Crippen MR) is 117 cm³/mol. The van der Waals surface area contributed by atoms with Crippen molar-refractivity contribution in [1.29, 1.82) is 0 Å². The minimum atomic E-state index is -0.759. The van der Waals surface area contributed by atoms with Crippen LogP contribution in [0.15, 0.2) is 42.5 Å². The smallest absolute Gasteiger partial charge is 0.252 e. The molecule has 0 fully saturated rings. The molecule has 0 heterocycles. The van der Waals surface area contributed by atoms with Crippen molar-refractivity contribution in [3.05, 3.63) is 59.4 Å². The Morgan fingerprint density at radius 3 is 2.45 bits per heavy atom. The van der Waals surface area contributed by atoms with Gasteiger partial charge in [-0.25, -0.2) is 4.39 Å². The lowest BCUT2D eigenvalue weighted by atomic mass is 9.96. The first kappa shape index (κ1) is 24.2. The molecular weight excluding hydrogens is 399 g/mol. The van der Waals surface area contributed by atoms with Gasteiger partial charge in [-0.2, -0.15) is 0 Å². The summed E-state index contributed by atoms with van der Waals surface area (Å²) in [6, 6.07) is 9.33. The van der Waals surface area contributed by atoms with Gasteiger partial charge in [0, 0.05) is 18.7 Å². The maximum atomic E-state index is 13.5. The lowest BCUT2D eigenvalue weighted by Gasteiger charge is -2.31. The molecular formula is C24H31FN2O4. The van der Waals surface area contributed by atoms with Crippen molar-refractivity contribution in [1.82, 2.24) is 10.2 Å². The third kappa shape index (κ3) is 6.44. The standard InChI is InChI=1S/C24H31FN2O4/c1-4-13-27(14-12-17-8-7-11-20(28)22(17)29)24(31)21(16(3)5-2)26-23(30)18-9-6-10-19(25)15-18/h6-11,15-16,21,28-29H,4-5,12-14H2,1-3H3,(H,26,30)/t16?,21-/m0/s1. The van der Waals surface area contributed by atoms with Crippen molar-refractivity contribution in [2.45, 2.75) is 46.1 Å². The molecule has 0 saturated heterocycles. The van der Waals surface area contributed by atoms with E-state index in [4.69, 9.17) is 0 Å². The maximum absolute atomic E-state index is 13.5. The fourth-order valence-corrected chi connectivity index (χ4v) is 3.37. The summed E-state index contributed by atoms with van der Waals surface area (Å²) in [5.74, 6) is -1.76. The molecule has 7 heteroatoms. The van der Waals surface area contributed by atoms with E-state index >= 15 is 0 Å². The molecule has 3 N–H and O–H groups in total. The Morgan fingerprint density at radius 1 is 1.10 bits per heavy atom. The van der Waals surface area contributed by atoms with Crippen LogP contribution in [0.5, 0.6) is 11.5 Å². The summed E-state index contributed by atoms with van der Waals surface area (Å²) in [5, 5.41) is 22.5. The highest BCUT2D eigenvalue weighted by atomic mass is 19.1. The van der Waals surface area contributed by atoms with Crippen LogP contribution in [-0.4, -0.2) is 46.1 Å². The largest absolute Gasteiger partial charge is 0.504 e. The van der Waals surface area contributed by atoms with Crippen LogP contribution in [0.2, 0.25) is 0 Å². The molecule has 0 saturated carbocycles. The van der Waals surface area contributed by atoms with Crippen LogP contribution in [0.1, 0.15) is 49.5 Å². The van der Waals surface area contributed by atoms with Gasteiger partial charge in [0.05, 0.1) is 0 Å². The summed E-state index contributed by atoms with van der Waals surface area (Å²) in [5.41, 5.74) is 0.700. The van der Waals surface area contributed by atoms with Gasteiger partial charge in [-0.15, -0.1) is 0 Å². The number of para-hydroxylation sites is 1. The predicted octanol–water partition coefficient (Wildman–Crippen LogP) is 3.86. The number of rotatable bonds is 10. The van der Waals surface area contributed by atoms with E-state index in [1.54, 1.807) is 17.0 Å². The molecule has 31 heavy (non-hydrogen) atoms. The lowest BCUT2D eigenvalue weighted by molar-refractivity contribution is -0.134. The topological polar surface area (TPSA) is 89.9 Å². The van der Waals surface area contributed by atoms with E-state index in [0.717, 1.165) is 12.5 Å². The highest BCUT2D eigenvalue weighted by molar-refractivity contribution is 5.97. The van der Waals surface area contributed by atoms with Crippen molar-refractivity contribution in [3.8, 4) is 11.5 Å². The number of aromatic hydroxyl groups is 2. The van der Waals surface area contributed by atoms with Crippen LogP contribution < -0.4 is 5.32 Å². The number of hydrogen-bond acceptors (Lipinski definition) is 4. The average Bonchev–Trinajstić information content (AvgIpc) is 2.76. The molecule has 1 unspecified atom stereocenters. The van der Waals surface area contributed by atoms with Gasteiger partial charge in [-0.3, -0.25) is 9.59 Å². The van der Waals surface area contributed by atoms with E-state index in [-0.39, 0.29) is 28.9 Å². The van der Waals surface area contributed by atoms with Gasteiger partial charge in [-0.05, 0) is 48.6 Å². The zero-order valence-corrected chi connectivity index (χ0v) is 18.3. The molecule has 0 aromatic heterocycles. The van der Waals surface area contributed by atoms with Crippen LogP contribution in [0.4, 0.5) is 4.39 Å². The van der Waals surface area contributed by atoms with E-state index in [9.17, 15) is 24.2 Å². The molecule has 2 amide bonds. The highest BCUT2D eigenvalue weighted by Gasteiger charge is 2.30. The molecule has 0 radical (unpaired) electrons. The van der Waals surface area contributed by atoms with Crippen molar-refractivity contribution in [2.75, 3.05) is 13.1 Å². The molecule has 168 valence electrons. The summed E-state index contributed by atoms with van der Waals surface area (Å²) in [6.07, 6.45) is 1.76. The van der Waals surface area contributed by atoms with Gasteiger partial charge in [0.15, 0.2) is 11.5 Å². The number of halogens is 1. The van der Waals surface area contributed by atoms with Gasteiger partial charge in [0.25, 0.3) is 5.91 Å². The third-order valence-electron chi connectivity index (χ3n) is 5.41. The van der Waals surface area contributed by atoms with Crippen LogP contribution in [-0.2, 0) is 11.2 Å². The summed E-state index contributed by atoms with van der Waals surface area (Å²) in [7, 11) is 0. The van der Waals surface area contributed by atoms with Crippen molar-refractivity contribution >= 4 is 11.8 Å². The van der Waals surface area contributed by atoms with Crippen LogP contribution >= 0.6 is 0 Å². The number of hydrogen-bond donors (Lipinski definition) is 3. The lowest BCUT2D eigenvalue weighted by Crippen LogP contribution is -2.52. The molecule has 2 aromatic rings. The molecule has 0 aliphatic heterocycles. The zero-order chi connectivity index (χ0) is 23.0. The van der Waals surface area contributed by atoms with Crippen molar-refractivity contribution in [3.63, 3.8) is 0 Å². The second-order valence-electron chi connectivity index (χ2n) is 7.71. The first-order valence-electron chi connectivity index (χ1n) is 10.6. The van der Waals surface area contributed by atoms with E-state index in [1.807, 2.05) is 20.8 Å². The minimum Gasteiger partial charge on any atom is -0.504 e. The molecule has 0 spiro atoms. The van der Waals surface area contributed by atoms with Crippen LogP contribution in [0, 0.1) is 11.7 Å². The van der Waals surface area contributed by atoms with Gasteiger partial charge in [0.2, 0.25) is 5.91 Å². The molecule has 2 aromatic carbocycles. The zero-order valence-electron chi connectivity index (χ0n) is 18.3. The number of phenols is 2. The van der Waals surface area contributed by atoms with Gasteiger partial charge in [0.1, 0.15) is 11.9 Å². The number of carbonyl (C=O) groups is 2. The van der Waals surface area contributed by atoms with Crippen LogP contribution in [0.3, 0.4) is 0 Å². The Balaban J connectivity index is 2.19. The number of benzene rings is 2. The van der Waals surface area contributed by atoms with Gasteiger partial charge >= 0.3 is 0 Å². The molecule has 2 atom stereocenters. The second kappa shape index (κ2) is 11.3. The fourth-order valence-electron chi connectivity index (χ4n) is 3.37. The molecule has 6 nitrogen and oxygen atoms in total. The molecule has 0 aliphatic rings. The Labute approximate surface area is 182 Å². The second-order valence-corrected chi connectivity index (χ2v) is 7.71. The Bertz CT molecular complexity index is 903. The number of amides is 2. The molecule has 0 aliphatic carbocycles. The van der Waals surface area contributed by atoms with Crippen molar-refractivity contribution < 1.29 is 24.2 Å². The van der Waals surface area contributed by atoms with Gasteiger partial charge in [-0.1, -0.05) is 45.4 Å². The summed E-state index contributed by atoms with van der Waals surface area (Å²) in [6.45, 7) is 6.59. The monoisotopic (exact) mass is 430 g/mol. The van der Waals surface area contributed by atoms with Crippen molar-refractivity contribution in [2.24, 2.45) is 5.92 Å². The maximum Gasteiger partial charge on any atom is 0.252 e. The van der Waals surface area contributed by atoms with Gasteiger partial charge < -0.3 is 20.4 Å². The molecule has 0 bridgehead atoms. The Morgan fingerprint density at radius 2 is 1.81 bits per heavy atom. The number of nitrogens with one attached hydrogen (secondary N) is 1. The Kier molecular flexibility index (Phi) is 8.85. The Hall–Kier alpha value is -3.09. The molecule has 2 rings (SSSR count). The first-order chi connectivity index (χ1) is 14.8. The SMILES string of the molecule is CCCN(CCc1cccc(O)c1O)C(=O)[C@@H](NC(=O)c1cccc(F)c1)C(C)CC. The fraction of sp³-hybridized carbons (Fsp3) is 0.417. The summed E-state index contributed by atoms with van der Waals surface area (Å²) < 4.78 is 13.5.